The largest absolute Gasteiger partial charge is 0.395 e. The zero-order valence-electron chi connectivity index (χ0n) is 20.2. The van der Waals surface area contributed by atoms with Crippen molar-refractivity contribution in [1.29, 1.82) is 0 Å². The van der Waals surface area contributed by atoms with Crippen LogP contribution < -0.4 is 0 Å². The lowest BCUT2D eigenvalue weighted by atomic mass is 9.96. The second-order valence-corrected chi connectivity index (χ2v) is 10.1. The lowest BCUT2D eigenvalue weighted by Gasteiger charge is -2.38. The molecule has 0 unspecified atom stereocenters. The molecule has 3 aromatic rings. The van der Waals surface area contributed by atoms with Crippen LogP contribution in [0.25, 0.3) is 11.0 Å². The van der Waals surface area contributed by atoms with Gasteiger partial charge in [0.2, 0.25) is 5.91 Å². The third-order valence-electron chi connectivity index (χ3n) is 7.31. The summed E-state index contributed by atoms with van der Waals surface area (Å²) in [7, 11) is 0. The monoisotopic (exact) mass is 495 g/mol. The van der Waals surface area contributed by atoms with Gasteiger partial charge in [0.15, 0.2) is 0 Å². The number of carbonyl (C=O) groups is 1. The average Bonchev–Trinajstić information content (AvgIpc) is 3.22. The minimum absolute atomic E-state index is 0.0437. The number of piperidine rings is 1. The molecule has 1 amide bonds. The number of hydrogen-bond donors (Lipinski definition) is 1. The zero-order valence-corrected chi connectivity index (χ0v) is 20.9. The van der Waals surface area contributed by atoms with Crippen molar-refractivity contribution in [2.75, 3.05) is 52.4 Å². The summed E-state index contributed by atoms with van der Waals surface area (Å²) in [5.41, 5.74) is 3.32. The van der Waals surface area contributed by atoms with E-state index in [1.54, 1.807) is 0 Å². The van der Waals surface area contributed by atoms with Gasteiger partial charge in [-0.2, -0.15) is 0 Å². The van der Waals surface area contributed by atoms with E-state index >= 15 is 0 Å². The van der Waals surface area contributed by atoms with Crippen LogP contribution in [0.2, 0.25) is 5.02 Å². The Balaban J connectivity index is 1.28. The summed E-state index contributed by atoms with van der Waals surface area (Å²) in [5, 5.41) is 9.91. The van der Waals surface area contributed by atoms with Crippen molar-refractivity contribution in [3.05, 3.63) is 64.9 Å². The first-order chi connectivity index (χ1) is 17.1. The maximum Gasteiger partial charge on any atom is 0.227 e. The van der Waals surface area contributed by atoms with E-state index in [1.807, 2.05) is 23.1 Å². The number of halogens is 1. The fourth-order valence-corrected chi connectivity index (χ4v) is 5.51. The molecule has 2 aromatic carbocycles. The van der Waals surface area contributed by atoms with E-state index in [2.05, 4.69) is 44.7 Å². The number of hydrogen-bond acceptors (Lipinski definition) is 5. The van der Waals surface area contributed by atoms with Crippen LogP contribution in [0.1, 0.15) is 24.2 Å². The van der Waals surface area contributed by atoms with Gasteiger partial charge in [0, 0.05) is 50.8 Å². The summed E-state index contributed by atoms with van der Waals surface area (Å²) in [5.74, 6) is 1.36. The van der Waals surface area contributed by atoms with E-state index in [0.717, 1.165) is 87.1 Å². The molecular formula is C27H34ClN5O2. The molecule has 0 saturated carbocycles. The number of β-amino-alcohol motifs (C(OH)–C–C–N with tert-alkyl or cyclic N) is 1. The first-order valence-corrected chi connectivity index (χ1v) is 13.0. The molecule has 0 radical (unpaired) electrons. The molecule has 35 heavy (non-hydrogen) atoms. The molecule has 5 rings (SSSR count). The average molecular weight is 496 g/mol. The second-order valence-electron chi connectivity index (χ2n) is 9.69. The zero-order chi connectivity index (χ0) is 24.2. The van der Waals surface area contributed by atoms with Gasteiger partial charge in [-0.15, -0.1) is 0 Å². The SMILES string of the molecule is O=C([C@H]1CCCN(Cc2nc3ccccc3n2Cc2ccc(Cl)cc2)C1)N1CCN(CCO)CC1. The maximum atomic E-state index is 13.3. The maximum absolute atomic E-state index is 13.3. The smallest absolute Gasteiger partial charge is 0.227 e. The molecule has 2 fully saturated rings. The third-order valence-corrected chi connectivity index (χ3v) is 7.56. The first kappa shape index (κ1) is 24.3. The number of nitrogens with zero attached hydrogens (tertiary/aromatic N) is 5. The summed E-state index contributed by atoms with van der Waals surface area (Å²) < 4.78 is 2.30. The molecule has 1 N–H and O–H groups in total. The van der Waals surface area contributed by atoms with Crippen LogP contribution in [0.3, 0.4) is 0 Å². The van der Waals surface area contributed by atoms with Crippen molar-refractivity contribution < 1.29 is 9.90 Å². The Kier molecular flexibility index (Phi) is 7.68. The van der Waals surface area contributed by atoms with Crippen molar-refractivity contribution in [3.8, 4) is 0 Å². The van der Waals surface area contributed by atoms with Crippen LogP contribution in [0.4, 0.5) is 0 Å². The molecule has 1 atom stereocenters. The summed E-state index contributed by atoms with van der Waals surface area (Å²) >= 11 is 6.10. The van der Waals surface area contributed by atoms with E-state index in [1.165, 1.54) is 5.56 Å². The number of aliphatic hydroxyl groups excluding tert-OH is 1. The van der Waals surface area contributed by atoms with Crippen molar-refractivity contribution >= 4 is 28.5 Å². The number of imidazole rings is 1. The Morgan fingerprint density at radius 1 is 0.971 bits per heavy atom. The van der Waals surface area contributed by atoms with E-state index < -0.39 is 0 Å². The molecule has 0 bridgehead atoms. The van der Waals surface area contributed by atoms with Crippen molar-refractivity contribution in [3.63, 3.8) is 0 Å². The number of aliphatic hydroxyl groups is 1. The van der Waals surface area contributed by atoms with Gasteiger partial charge in [-0.1, -0.05) is 35.9 Å². The number of fused-ring (bicyclic) bond motifs is 1. The summed E-state index contributed by atoms with van der Waals surface area (Å²) in [4.78, 5) is 24.9. The van der Waals surface area contributed by atoms with Gasteiger partial charge in [0.25, 0.3) is 0 Å². The Labute approximate surface area is 211 Å². The molecule has 0 aliphatic carbocycles. The predicted octanol–water partition coefficient (Wildman–Crippen LogP) is 3.09. The summed E-state index contributed by atoms with van der Waals surface area (Å²) in [6.45, 7) is 7.30. The van der Waals surface area contributed by atoms with Gasteiger partial charge < -0.3 is 14.6 Å². The number of piperazine rings is 1. The number of likely N-dealkylation sites (tertiary alicyclic amines) is 1. The van der Waals surface area contributed by atoms with E-state index in [9.17, 15) is 4.79 Å². The first-order valence-electron chi connectivity index (χ1n) is 12.6. The number of amides is 1. The number of para-hydroxylation sites is 2. The highest BCUT2D eigenvalue weighted by molar-refractivity contribution is 6.30. The quantitative estimate of drug-likeness (QED) is 0.545. The van der Waals surface area contributed by atoms with Crippen LogP contribution >= 0.6 is 11.6 Å². The highest BCUT2D eigenvalue weighted by Gasteiger charge is 2.31. The molecule has 2 aliphatic rings. The Bertz CT molecular complexity index is 1140. The topological polar surface area (TPSA) is 64.8 Å². The van der Waals surface area contributed by atoms with E-state index in [-0.39, 0.29) is 18.4 Å². The molecule has 2 aliphatic heterocycles. The predicted molar refractivity (Wildman–Crippen MR) is 138 cm³/mol. The third kappa shape index (κ3) is 5.70. The van der Waals surface area contributed by atoms with Crippen molar-refractivity contribution in [2.24, 2.45) is 5.92 Å². The fourth-order valence-electron chi connectivity index (χ4n) is 5.39. The number of rotatable bonds is 7. The number of aromatic nitrogens is 2. The van der Waals surface area contributed by atoms with Gasteiger partial charge in [-0.05, 0) is 49.2 Å². The lowest BCUT2D eigenvalue weighted by Crippen LogP contribution is -2.52. The number of benzene rings is 2. The van der Waals surface area contributed by atoms with Crippen LogP contribution in [0, 0.1) is 5.92 Å². The van der Waals surface area contributed by atoms with Crippen molar-refractivity contribution in [2.45, 2.75) is 25.9 Å². The standard InChI is InChI=1S/C27H34ClN5O2/c28-23-9-7-21(8-10-23)18-33-25-6-2-1-5-24(25)29-26(33)20-31-11-3-4-22(19-31)27(35)32-14-12-30(13-15-32)16-17-34/h1-2,5-10,22,34H,3-4,11-20H2/t22-/m0/s1. The molecule has 8 heteroatoms. The van der Waals surface area contributed by atoms with Gasteiger partial charge >= 0.3 is 0 Å². The molecule has 0 spiro atoms. The highest BCUT2D eigenvalue weighted by Crippen LogP contribution is 2.24. The van der Waals surface area contributed by atoms with Gasteiger partial charge in [-0.25, -0.2) is 4.98 Å². The molecule has 1 aromatic heterocycles. The fraction of sp³-hybridized carbons (Fsp3) is 0.481. The summed E-state index contributed by atoms with van der Waals surface area (Å²) in [6, 6.07) is 16.3. The van der Waals surface area contributed by atoms with Gasteiger partial charge in [0.05, 0.1) is 30.1 Å². The van der Waals surface area contributed by atoms with Gasteiger partial charge in [0.1, 0.15) is 5.82 Å². The van der Waals surface area contributed by atoms with E-state index in [4.69, 9.17) is 21.7 Å². The van der Waals surface area contributed by atoms with Gasteiger partial charge in [-0.3, -0.25) is 14.6 Å². The number of carbonyl (C=O) groups excluding carboxylic acids is 1. The molecular weight excluding hydrogens is 462 g/mol. The second kappa shape index (κ2) is 11.1. The highest BCUT2D eigenvalue weighted by atomic mass is 35.5. The van der Waals surface area contributed by atoms with Crippen LogP contribution in [0.5, 0.6) is 0 Å². The molecule has 3 heterocycles. The Morgan fingerprint density at radius 3 is 2.51 bits per heavy atom. The minimum atomic E-state index is 0.0437. The molecule has 186 valence electrons. The van der Waals surface area contributed by atoms with Crippen molar-refractivity contribution in [1.82, 2.24) is 24.3 Å². The van der Waals surface area contributed by atoms with E-state index in [0.29, 0.717) is 6.54 Å². The van der Waals surface area contributed by atoms with Crippen LogP contribution in [0.15, 0.2) is 48.5 Å². The lowest BCUT2D eigenvalue weighted by molar-refractivity contribution is -0.139. The van der Waals surface area contributed by atoms with Crippen LogP contribution in [-0.4, -0.2) is 87.7 Å². The minimum Gasteiger partial charge on any atom is -0.395 e. The normalized spacial score (nSPS) is 19.9. The molecule has 7 nitrogen and oxygen atoms in total. The van der Waals surface area contributed by atoms with Crippen LogP contribution in [-0.2, 0) is 17.9 Å². The summed E-state index contributed by atoms with van der Waals surface area (Å²) in [6.07, 6.45) is 1.98. The Hall–Kier alpha value is -2.45. The molecule has 2 saturated heterocycles. The Morgan fingerprint density at radius 2 is 1.74 bits per heavy atom.